The third kappa shape index (κ3) is 3.54. The van der Waals surface area contributed by atoms with E-state index < -0.39 is 0 Å². The molecule has 1 aliphatic carbocycles. The number of nitrogens with zero attached hydrogens (tertiary/aromatic N) is 2. The second-order valence-corrected chi connectivity index (χ2v) is 5.36. The molecular formula is C11H14Cl2N4O. The molecule has 1 saturated carbocycles. The molecule has 3 N–H and O–H groups in total. The predicted octanol–water partition coefficient (Wildman–Crippen LogP) is 2.38. The molecule has 0 aliphatic heterocycles. The normalized spacial score (nSPS) is 17.7. The lowest BCUT2D eigenvalue weighted by molar-refractivity contribution is -0.117. The van der Waals surface area contributed by atoms with Gasteiger partial charge in [-0.1, -0.05) is 24.4 Å². The van der Waals surface area contributed by atoms with E-state index in [1.165, 1.54) is 6.07 Å². The fraction of sp³-hybridized carbons (Fsp3) is 0.545. The van der Waals surface area contributed by atoms with Gasteiger partial charge in [0, 0.05) is 18.0 Å². The van der Waals surface area contributed by atoms with Gasteiger partial charge in [-0.15, -0.1) is 0 Å². The zero-order chi connectivity index (χ0) is 13.2. The van der Waals surface area contributed by atoms with Crippen LogP contribution < -0.4 is 11.1 Å². The second-order valence-electron chi connectivity index (χ2n) is 4.64. The van der Waals surface area contributed by atoms with E-state index in [1.807, 2.05) is 0 Å². The van der Waals surface area contributed by atoms with E-state index in [9.17, 15) is 4.79 Å². The van der Waals surface area contributed by atoms with Crippen LogP contribution in [-0.4, -0.2) is 21.4 Å². The predicted molar refractivity (Wildman–Crippen MR) is 70.7 cm³/mol. The number of amides is 1. The summed E-state index contributed by atoms with van der Waals surface area (Å²) in [6.07, 6.45) is 4.20. The number of nitrogens with one attached hydrogen (secondary N) is 1. The number of hydrogen-bond acceptors (Lipinski definition) is 4. The molecule has 1 aromatic heterocycles. The van der Waals surface area contributed by atoms with Gasteiger partial charge in [-0.3, -0.25) is 4.79 Å². The van der Waals surface area contributed by atoms with Gasteiger partial charge >= 0.3 is 0 Å². The number of nitrogens with two attached hydrogens (primary N) is 1. The van der Waals surface area contributed by atoms with Gasteiger partial charge in [0.15, 0.2) is 0 Å². The number of rotatable bonds is 3. The summed E-state index contributed by atoms with van der Waals surface area (Å²) in [6.45, 7) is 0. The van der Waals surface area contributed by atoms with Crippen LogP contribution in [-0.2, 0) is 4.79 Å². The van der Waals surface area contributed by atoms with Crippen molar-refractivity contribution >= 4 is 34.9 Å². The fourth-order valence-corrected chi connectivity index (χ4v) is 2.63. The van der Waals surface area contributed by atoms with E-state index in [1.54, 1.807) is 0 Å². The molecule has 18 heavy (non-hydrogen) atoms. The second kappa shape index (κ2) is 5.38. The van der Waals surface area contributed by atoms with Crippen molar-refractivity contribution in [3.05, 3.63) is 16.5 Å². The molecule has 1 aliphatic rings. The van der Waals surface area contributed by atoms with Crippen LogP contribution in [0.3, 0.4) is 0 Å². The van der Waals surface area contributed by atoms with Gasteiger partial charge in [-0.2, -0.15) is 0 Å². The highest BCUT2D eigenvalue weighted by atomic mass is 35.5. The van der Waals surface area contributed by atoms with Crippen molar-refractivity contribution < 1.29 is 4.79 Å². The summed E-state index contributed by atoms with van der Waals surface area (Å²) in [7, 11) is 0. The number of halogens is 2. The molecule has 7 heteroatoms. The highest BCUT2D eigenvalue weighted by Crippen LogP contribution is 2.30. The Labute approximate surface area is 115 Å². The zero-order valence-electron chi connectivity index (χ0n) is 9.75. The molecule has 0 aromatic carbocycles. The van der Waals surface area contributed by atoms with Crippen LogP contribution in [0.1, 0.15) is 32.1 Å². The molecule has 1 aromatic rings. The van der Waals surface area contributed by atoms with Gasteiger partial charge in [0.1, 0.15) is 11.0 Å². The molecule has 0 radical (unpaired) electrons. The van der Waals surface area contributed by atoms with E-state index in [-0.39, 0.29) is 28.3 Å². The number of carbonyl (C=O) groups is 1. The summed E-state index contributed by atoms with van der Waals surface area (Å²) in [5.41, 5.74) is 5.74. The van der Waals surface area contributed by atoms with Crippen molar-refractivity contribution in [2.24, 2.45) is 5.73 Å². The van der Waals surface area contributed by atoms with Crippen LogP contribution >= 0.6 is 23.2 Å². The lowest BCUT2D eigenvalue weighted by Crippen LogP contribution is -2.40. The molecule has 0 saturated heterocycles. The van der Waals surface area contributed by atoms with Gasteiger partial charge in [0.25, 0.3) is 0 Å². The van der Waals surface area contributed by atoms with Crippen molar-refractivity contribution in [2.75, 3.05) is 5.32 Å². The van der Waals surface area contributed by atoms with Crippen LogP contribution in [0.15, 0.2) is 6.07 Å². The summed E-state index contributed by atoms with van der Waals surface area (Å²) in [6, 6.07) is 1.45. The van der Waals surface area contributed by atoms with Gasteiger partial charge in [-0.25, -0.2) is 9.97 Å². The highest BCUT2D eigenvalue weighted by Gasteiger charge is 2.31. The fourth-order valence-electron chi connectivity index (χ4n) is 2.22. The maximum Gasteiger partial charge on any atom is 0.227 e. The van der Waals surface area contributed by atoms with Gasteiger partial charge in [-0.05, 0) is 24.4 Å². The van der Waals surface area contributed by atoms with Gasteiger partial charge < -0.3 is 11.1 Å². The largest absolute Gasteiger partial charge is 0.325 e. The zero-order valence-corrected chi connectivity index (χ0v) is 11.3. The number of hydrogen-bond donors (Lipinski definition) is 2. The van der Waals surface area contributed by atoms with Crippen LogP contribution in [0, 0.1) is 0 Å². The topological polar surface area (TPSA) is 80.9 Å². The Morgan fingerprint density at radius 1 is 1.39 bits per heavy atom. The summed E-state index contributed by atoms with van der Waals surface area (Å²) in [4.78, 5) is 19.4. The van der Waals surface area contributed by atoms with Crippen molar-refractivity contribution in [3.63, 3.8) is 0 Å². The van der Waals surface area contributed by atoms with Gasteiger partial charge in [0.2, 0.25) is 11.2 Å². The molecule has 1 amide bonds. The van der Waals surface area contributed by atoms with E-state index in [2.05, 4.69) is 15.3 Å². The maximum absolute atomic E-state index is 11.9. The molecule has 1 heterocycles. The van der Waals surface area contributed by atoms with Crippen LogP contribution in [0.5, 0.6) is 0 Å². The van der Waals surface area contributed by atoms with Crippen molar-refractivity contribution in [1.82, 2.24) is 9.97 Å². The number of carbonyl (C=O) groups excluding carboxylic acids is 1. The van der Waals surface area contributed by atoms with Crippen molar-refractivity contribution in [2.45, 2.75) is 37.6 Å². The van der Waals surface area contributed by atoms with E-state index in [0.29, 0.717) is 5.82 Å². The summed E-state index contributed by atoms with van der Waals surface area (Å²) in [5, 5.41) is 2.83. The Morgan fingerprint density at radius 3 is 2.67 bits per heavy atom. The van der Waals surface area contributed by atoms with Gasteiger partial charge in [0.05, 0.1) is 0 Å². The molecule has 0 unspecified atom stereocenters. The molecule has 0 bridgehead atoms. The number of aromatic nitrogens is 2. The molecule has 5 nitrogen and oxygen atoms in total. The van der Waals surface area contributed by atoms with E-state index in [0.717, 1.165) is 25.7 Å². The maximum atomic E-state index is 11.9. The molecule has 1 fully saturated rings. The van der Waals surface area contributed by atoms with E-state index >= 15 is 0 Å². The average molecular weight is 289 g/mol. The Kier molecular flexibility index (Phi) is 4.04. The monoisotopic (exact) mass is 288 g/mol. The smallest absolute Gasteiger partial charge is 0.227 e. The van der Waals surface area contributed by atoms with E-state index in [4.69, 9.17) is 28.9 Å². The Balaban J connectivity index is 1.98. The minimum Gasteiger partial charge on any atom is -0.325 e. The first kappa shape index (κ1) is 13.5. The molecule has 2 rings (SSSR count). The quantitative estimate of drug-likeness (QED) is 0.661. The molecule has 98 valence electrons. The third-order valence-electron chi connectivity index (χ3n) is 3.05. The summed E-state index contributed by atoms with van der Waals surface area (Å²) in [5.74, 6) is 0.122. The lowest BCUT2D eigenvalue weighted by Gasteiger charge is -2.22. The standard InChI is InChI=1S/C11H14Cl2N4O/c12-7-5-8(17-10(13)15-7)16-9(18)6-11(14)3-1-2-4-11/h5H,1-4,6,14H2,(H,15,16,17,18). The Hall–Kier alpha value is -0.910. The summed E-state index contributed by atoms with van der Waals surface area (Å²) < 4.78 is 0. The molecule has 0 atom stereocenters. The van der Waals surface area contributed by atoms with Crippen LogP contribution in [0.25, 0.3) is 0 Å². The van der Waals surface area contributed by atoms with Crippen LogP contribution in [0.4, 0.5) is 5.82 Å². The Bertz CT molecular complexity index is 440. The SMILES string of the molecule is NC1(CC(=O)Nc2cc(Cl)nc(Cl)n2)CCCC1. The molecule has 0 spiro atoms. The highest BCUT2D eigenvalue weighted by molar-refractivity contribution is 6.32. The number of anilines is 1. The first-order chi connectivity index (χ1) is 8.47. The van der Waals surface area contributed by atoms with Crippen molar-refractivity contribution in [3.8, 4) is 0 Å². The summed E-state index contributed by atoms with van der Waals surface area (Å²) >= 11 is 11.4. The lowest BCUT2D eigenvalue weighted by atomic mass is 9.94. The first-order valence-electron chi connectivity index (χ1n) is 5.76. The van der Waals surface area contributed by atoms with Crippen LogP contribution in [0.2, 0.25) is 10.4 Å². The minimum absolute atomic E-state index is 0.00104. The molecular weight excluding hydrogens is 275 g/mol. The average Bonchev–Trinajstić information content (AvgIpc) is 2.62. The Morgan fingerprint density at radius 2 is 2.06 bits per heavy atom. The third-order valence-corrected chi connectivity index (χ3v) is 3.41. The van der Waals surface area contributed by atoms with Crippen molar-refractivity contribution in [1.29, 1.82) is 0 Å². The minimum atomic E-state index is -0.384. The first-order valence-corrected chi connectivity index (χ1v) is 6.51.